The predicted octanol–water partition coefficient (Wildman–Crippen LogP) is 2.55. The summed E-state index contributed by atoms with van der Waals surface area (Å²) in [5, 5.41) is 19.1. The summed E-state index contributed by atoms with van der Waals surface area (Å²) in [5.74, 6) is 1.27. The van der Waals surface area contributed by atoms with Crippen molar-refractivity contribution in [1.29, 1.82) is 5.26 Å². The van der Waals surface area contributed by atoms with E-state index in [2.05, 4.69) is 33.8 Å². The number of nitrogens with zero attached hydrogens (tertiary/aromatic N) is 3. The number of nitrogens with one attached hydrogen (secondary N) is 2. The third-order valence-corrected chi connectivity index (χ3v) is 2.83. The van der Waals surface area contributed by atoms with Crippen LogP contribution in [-0.4, -0.2) is 17.2 Å². The lowest BCUT2D eigenvalue weighted by atomic mass is 10.2. The molecule has 1 heterocycles. The van der Waals surface area contributed by atoms with Crippen LogP contribution in [0.15, 0.2) is 22.7 Å². The van der Waals surface area contributed by atoms with Gasteiger partial charge in [-0.2, -0.15) is 10.2 Å². The number of rotatable bonds is 6. The zero-order valence-electron chi connectivity index (χ0n) is 11.6. The first-order valence-corrected chi connectivity index (χ1v) is 6.54. The van der Waals surface area contributed by atoms with Crippen LogP contribution < -0.4 is 10.6 Å². The van der Waals surface area contributed by atoms with Crippen LogP contribution in [0.25, 0.3) is 0 Å². The summed E-state index contributed by atoms with van der Waals surface area (Å²) in [6, 6.07) is 7.53. The maximum absolute atomic E-state index is 8.93. The van der Waals surface area contributed by atoms with E-state index in [0.717, 1.165) is 30.0 Å². The molecule has 0 radical (unpaired) electrons. The van der Waals surface area contributed by atoms with Gasteiger partial charge in [-0.3, -0.25) is 0 Å². The van der Waals surface area contributed by atoms with Gasteiger partial charge in [0, 0.05) is 13.5 Å². The van der Waals surface area contributed by atoms with Crippen LogP contribution in [0.5, 0.6) is 0 Å². The van der Waals surface area contributed by atoms with Crippen molar-refractivity contribution in [3.05, 3.63) is 35.5 Å². The fourth-order valence-electron chi connectivity index (χ4n) is 1.84. The standard InChI is InChI=1S/C14H17N5O/c1-3-4-13-18-14(20-19-13)9-17-12-7-10(8-15)5-6-11(12)16-2/h5-7,16-17H,3-4,9H2,1-2H3. The molecule has 0 aliphatic rings. The van der Waals surface area contributed by atoms with Crippen LogP contribution in [0, 0.1) is 11.3 Å². The summed E-state index contributed by atoms with van der Waals surface area (Å²) in [7, 11) is 1.83. The second-order valence-electron chi connectivity index (χ2n) is 4.33. The van der Waals surface area contributed by atoms with Crippen LogP contribution in [-0.2, 0) is 13.0 Å². The number of nitriles is 1. The fraction of sp³-hybridized carbons (Fsp3) is 0.357. The number of aryl methyl sites for hydroxylation is 1. The van der Waals surface area contributed by atoms with E-state index in [9.17, 15) is 0 Å². The highest BCUT2D eigenvalue weighted by atomic mass is 16.5. The molecule has 0 saturated heterocycles. The summed E-state index contributed by atoms with van der Waals surface area (Å²) >= 11 is 0. The van der Waals surface area contributed by atoms with Gasteiger partial charge in [0.25, 0.3) is 0 Å². The van der Waals surface area contributed by atoms with Gasteiger partial charge in [-0.05, 0) is 24.6 Å². The molecule has 0 atom stereocenters. The third kappa shape index (κ3) is 3.26. The van der Waals surface area contributed by atoms with Crippen molar-refractivity contribution in [2.45, 2.75) is 26.3 Å². The molecule has 1 aromatic heterocycles. The van der Waals surface area contributed by atoms with E-state index in [1.165, 1.54) is 0 Å². The Balaban J connectivity index is 2.07. The molecular formula is C14H17N5O. The fourth-order valence-corrected chi connectivity index (χ4v) is 1.84. The maximum atomic E-state index is 8.93. The van der Waals surface area contributed by atoms with E-state index in [0.29, 0.717) is 18.0 Å². The molecule has 104 valence electrons. The van der Waals surface area contributed by atoms with Gasteiger partial charge in [-0.15, -0.1) is 0 Å². The molecule has 0 aliphatic heterocycles. The largest absolute Gasteiger partial charge is 0.386 e. The topological polar surface area (TPSA) is 86.8 Å². The SMILES string of the molecule is CCCc1noc(CNc2cc(C#N)ccc2NC)n1. The van der Waals surface area contributed by atoms with E-state index >= 15 is 0 Å². The first-order valence-electron chi connectivity index (χ1n) is 6.54. The quantitative estimate of drug-likeness (QED) is 0.839. The molecule has 6 heteroatoms. The van der Waals surface area contributed by atoms with Gasteiger partial charge in [-0.1, -0.05) is 12.1 Å². The molecule has 0 spiro atoms. The molecule has 0 saturated carbocycles. The van der Waals surface area contributed by atoms with Crippen molar-refractivity contribution in [3.63, 3.8) is 0 Å². The Morgan fingerprint density at radius 3 is 2.90 bits per heavy atom. The molecule has 0 unspecified atom stereocenters. The Bertz CT molecular complexity index is 614. The van der Waals surface area contributed by atoms with Crippen molar-refractivity contribution in [3.8, 4) is 6.07 Å². The van der Waals surface area contributed by atoms with Crippen LogP contribution >= 0.6 is 0 Å². The molecule has 1 aromatic carbocycles. The second-order valence-corrected chi connectivity index (χ2v) is 4.33. The minimum atomic E-state index is 0.431. The number of aromatic nitrogens is 2. The zero-order chi connectivity index (χ0) is 14.4. The Labute approximate surface area is 117 Å². The van der Waals surface area contributed by atoms with E-state index in [4.69, 9.17) is 9.78 Å². The predicted molar refractivity (Wildman–Crippen MR) is 76.3 cm³/mol. The van der Waals surface area contributed by atoms with Crippen LogP contribution in [0.2, 0.25) is 0 Å². The number of hydrogen-bond acceptors (Lipinski definition) is 6. The Morgan fingerprint density at radius 2 is 2.20 bits per heavy atom. The minimum absolute atomic E-state index is 0.431. The first-order chi connectivity index (χ1) is 9.76. The van der Waals surface area contributed by atoms with E-state index in [1.54, 1.807) is 12.1 Å². The molecule has 0 bridgehead atoms. The summed E-state index contributed by atoms with van der Waals surface area (Å²) in [6.45, 7) is 2.50. The molecule has 0 aliphatic carbocycles. The average Bonchev–Trinajstić information content (AvgIpc) is 2.93. The molecule has 20 heavy (non-hydrogen) atoms. The van der Waals surface area contributed by atoms with Gasteiger partial charge in [0.15, 0.2) is 5.82 Å². The van der Waals surface area contributed by atoms with Gasteiger partial charge in [0.2, 0.25) is 5.89 Å². The summed E-state index contributed by atoms with van der Waals surface area (Å²) in [4.78, 5) is 4.29. The number of benzene rings is 1. The van der Waals surface area contributed by atoms with Gasteiger partial charge in [-0.25, -0.2) is 0 Å². The smallest absolute Gasteiger partial charge is 0.245 e. The molecule has 2 aromatic rings. The molecule has 0 fully saturated rings. The Kier molecular flexibility index (Phi) is 4.56. The second kappa shape index (κ2) is 6.57. The van der Waals surface area contributed by atoms with E-state index in [1.807, 2.05) is 13.1 Å². The van der Waals surface area contributed by atoms with Crippen LogP contribution in [0.1, 0.15) is 30.6 Å². The number of anilines is 2. The highest BCUT2D eigenvalue weighted by Gasteiger charge is 2.07. The van der Waals surface area contributed by atoms with Crippen molar-refractivity contribution >= 4 is 11.4 Å². The zero-order valence-corrected chi connectivity index (χ0v) is 11.6. The molecule has 2 rings (SSSR count). The van der Waals surface area contributed by atoms with Crippen molar-refractivity contribution in [2.24, 2.45) is 0 Å². The van der Waals surface area contributed by atoms with Crippen molar-refractivity contribution in [1.82, 2.24) is 10.1 Å². The van der Waals surface area contributed by atoms with Crippen LogP contribution in [0.4, 0.5) is 11.4 Å². The summed E-state index contributed by atoms with van der Waals surface area (Å²) < 4.78 is 5.16. The number of hydrogen-bond donors (Lipinski definition) is 2. The molecular weight excluding hydrogens is 254 g/mol. The van der Waals surface area contributed by atoms with Gasteiger partial charge in [0.05, 0.1) is 29.6 Å². The Hall–Kier alpha value is -2.55. The van der Waals surface area contributed by atoms with Gasteiger partial charge >= 0.3 is 0 Å². The highest BCUT2D eigenvalue weighted by molar-refractivity contribution is 5.70. The monoisotopic (exact) mass is 271 g/mol. The minimum Gasteiger partial charge on any atom is -0.386 e. The lowest BCUT2D eigenvalue weighted by Gasteiger charge is -2.10. The lowest BCUT2D eigenvalue weighted by Crippen LogP contribution is -2.03. The van der Waals surface area contributed by atoms with Gasteiger partial charge in [0.1, 0.15) is 0 Å². The molecule has 0 amide bonds. The summed E-state index contributed by atoms with van der Waals surface area (Å²) in [5.41, 5.74) is 2.35. The average molecular weight is 271 g/mol. The van der Waals surface area contributed by atoms with E-state index < -0.39 is 0 Å². The normalized spacial score (nSPS) is 10.1. The third-order valence-electron chi connectivity index (χ3n) is 2.83. The highest BCUT2D eigenvalue weighted by Crippen LogP contribution is 2.23. The molecule has 6 nitrogen and oxygen atoms in total. The lowest BCUT2D eigenvalue weighted by molar-refractivity contribution is 0.377. The van der Waals surface area contributed by atoms with E-state index in [-0.39, 0.29) is 0 Å². The summed E-state index contributed by atoms with van der Waals surface area (Å²) in [6.07, 6.45) is 1.80. The van der Waals surface area contributed by atoms with Gasteiger partial charge < -0.3 is 15.2 Å². The Morgan fingerprint density at radius 1 is 1.35 bits per heavy atom. The van der Waals surface area contributed by atoms with Crippen molar-refractivity contribution < 1.29 is 4.52 Å². The van der Waals surface area contributed by atoms with Crippen LogP contribution in [0.3, 0.4) is 0 Å². The maximum Gasteiger partial charge on any atom is 0.245 e. The molecule has 2 N–H and O–H groups in total. The first kappa shape index (κ1) is 13.9. The van der Waals surface area contributed by atoms with Crippen molar-refractivity contribution in [2.75, 3.05) is 17.7 Å².